The summed E-state index contributed by atoms with van der Waals surface area (Å²) in [6.07, 6.45) is 1.74. The Kier molecular flexibility index (Phi) is 3.84. The molecule has 1 aromatic heterocycles. The molecule has 1 N–H and O–H groups in total. The topological polar surface area (TPSA) is 77.2 Å². The molecule has 0 aliphatic rings. The molecule has 104 valence electrons. The predicted octanol–water partition coefficient (Wildman–Crippen LogP) is 2.40. The van der Waals surface area contributed by atoms with E-state index in [-0.39, 0.29) is 5.69 Å². The molecular weight excluding hydrogens is 258 g/mol. The number of hydrogen-bond donors (Lipinski definition) is 1. The fourth-order valence-electron chi connectivity index (χ4n) is 1.76. The fourth-order valence-corrected chi connectivity index (χ4v) is 1.76. The maximum Gasteiger partial charge on any atom is 0.358 e. The van der Waals surface area contributed by atoms with E-state index >= 15 is 0 Å². The van der Waals surface area contributed by atoms with Gasteiger partial charge in [0.2, 0.25) is 0 Å². The van der Waals surface area contributed by atoms with E-state index in [0.717, 1.165) is 17.0 Å². The zero-order valence-electron chi connectivity index (χ0n) is 11.5. The third-order valence-corrected chi connectivity index (χ3v) is 2.65. The van der Waals surface area contributed by atoms with Crippen molar-refractivity contribution in [2.24, 2.45) is 0 Å². The summed E-state index contributed by atoms with van der Waals surface area (Å²) >= 11 is 0. The number of aromatic carboxylic acids is 1. The molecule has 0 amide bonds. The maximum atomic E-state index is 11.2. The summed E-state index contributed by atoms with van der Waals surface area (Å²) in [7, 11) is 1.58. The lowest BCUT2D eigenvalue weighted by Gasteiger charge is -2.05. The Morgan fingerprint density at radius 3 is 2.45 bits per heavy atom. The van der Waals surface area contributed by atoms with Gasteiger partial charge in [0.15, 0.2) is 5.69 Å². The number of rotatable bonds is 4. The van der Waals surface area contributed by atoms with Crippen LogP contribution in [-0.4, -0.2) is 33.2 Å². The molecule has 0 spiro atoms. The Hall–Kier alpha value is -2.63. The summed E-state index contributed by atoms with van der Waals surface area (Å²) < 4.78 is 6.59. The lowest BCUT2D eigenvalue weighted by Crippen LogP contribution is -2.03. The van der Waals surface area contributed by atoms with Crippen molar-refractivity contribution in [3.05, 3.63) is 41.2 Å². The van der Waals surface area contributed by atoms with Gasteiger partial charge in [0.1, 0.15) is 11.4 Å². The van der Waals surface area contributed by atoms with E-state index in [9.17, 15) is 4.79 Å². The highest BCUT2D eigenvalue weighted by Gasteiger charge is 2.18. The molecule has 20 heavy (non-hydrogen) atoms. The van der Waals surface area contributed by atoms with Gasteiger partial charge in [-0.05, 0) is 44.2 Å². The van der Waals surface area contributed by atoms with Crippen LogP contribution in [0.3, 0.4) is 0 Å². The molecule has 0 aliphatic carbocycles. The molecule has 0 bridgehead atoms. The second-order valence-corrected chi connectivity index (χ2v) is 4.46. The van der Waals surface area contributed by atoms with E-state index < -0.39 is 5.97 Å². The number of benzene rings is 1. The second-order valence-electron chi connectivity index (χ2n) is 4.46. The molecule has 0 saturated heterocycles. The first kappa shape index (κ1) is 13.8. The molecule has 1 heterocycles. The zero-order valence-corrected chi connectivity index (χ0v) is 11.5. The van der Waals surface area contributed by atoms with Gasteiger partial charge in [0.05, 0.1) is 12.8 Å². The Morgan fingerprint density at radius 1 is 1.30 bits per heavy atom. The highest BCUT2D eigenvalue weighted by molar-refractivity contribution is 5.89. The quantitative estimate of drug-likeness (QED) is 0.925. The van der Waals surface area contributed by atoms with Crippen molar-refractivity contribution in [2.75, 3.05) is 7.11 Å². The second kappa shape index (κ2) is 5.56. The predicted molar refractivity (Wildman–Crippen MR) is 74.2 cm³/mol. The van der Waals surface area contributed by atoms with Gasteiger partial charge in [0.25, 0.3) is 0 Å². The van der Waals surface area contributed by atoms with Crippen LogP contribution in [0.2, 0.25) is 0 Å². The number of carboxylic acid groups (broad SMARTS) is 1. The molecule has 0 saturated carbocycles. The normalized spacial score (nSPS) is 10.2. The minimum absolute atomic E-state index is 0.0676. The Bertz CT molecular complexity index is 653. The number of nitrogens with zero attached hydrogens (tertiary/aromatic N) is 3. The fraction of sp³-hybridized carbons (Fsp3) is 0.214. The van der Waals surface area contributed by atoms with Crippen molar-refractivity contribution in [1.82, 2.24) is 15.0 Å². The SMILES string of the molecule is COc1ccc(-n2nnc(C(=O)O)c2C=C(C)C)cc1. The van der Waals surface area contributed by atoms with E-state index in [1.54, 1.807) is 37.5 Å². The summed E-state index contributed by atoms with van der Waals surface area (Å²) in [6, 6.07) is 7.15. The van der Waals surface area contributed by atoms with Gasteiger partial charge in [-0.15, -0.1) is 5.10 Å². The van der Waals surface area contributed by atoms with E-state index in [1.165, 1.54) is 4.68 Å². The number of carboxylic acids is 1. The minimum Gasteiger partial charge on any atom is -0.497 e. The molecule has 6 nitrogen and oxygen atoms in total. The number of hydrogen-bond acceptors (Lipinski definition) is 4. The Morgan fingerprint density at radius 2 is 1.95 bits per heavy atom. The Balaban J connectivity index is 2.55. The van der Waals surface area contributed by atoms with Gasteiger partial charge < -0.3 is 9.84 Å². The monoisotopic (exact) mass is 273 g/mol. The minimum atomic E-state index is -1.10. The van der Waals surface area contributed by atoms with Crippen molar-refractivity contribution in [1.29, 1.82) is 0 Å². The summed E-state index contributed by atoms with van der Waals surface area (Å²) in [4.78, 5) is 11.2. The van der Waals surface area contributed by atoms with E-state index in [4.69, 9.17) is 9.84 Å². The first-order chi connectivity index (χ1) is 9.52. The van der Waals surface area contributed by atoms with Crippen LogP contribution in [0, 0.1) is 0 Å². The van der Waals surface area contributed by atoms with Gasteiger partial charge >= 0.3 is 5.97 Å². The molecular formula is C14H15N3O3. The molecule has 0 radical (unpaired) electrons. The van der Waals surface area contributed by atoms with Crippen LogP contribution in [0.25, 0.3) is 11.8 Å². The van der Waals surface area contributed by atoms with Crippen LogP contribution < -0.4 is 4.74 Å². The lowest BCUT2D eigenvalue weighted by atomic mass is 10.2. The summed E-state index contributed by atoms with van der Waals surface area (Å²) in [5, 5.41) is 16.8. The average Bonchev–Trinajstić information content (AvgIpc) is 2.82. The molecule has 0 unspecified atom stereocenters. The van der Waals surface area contributed by atoms with Crippen LogP contribution >= 0.6 is 0 Å². The molecule has 0 aliphatic heterocycles. The highest BCUT2D eigenvalue weighted by Crippen LogP contribution is 2.19. The van der Waals surface area contributed by atoms with Crippen molar-refractivity contribution in [3.63, 3.8) is 0 Å². The summed E-state index contributed by atoms with van der Waals surface area (Å²) in [5.74, 6) is -0.381. The third-order valence-electron chi connectivity index (χ3n) is 2.65. The number of methoxy groups -OCH3 is 1. The molecule has 0 atom stereocenters. The zero-order chi connectivity index (χ0) is 14.7. The number of allylic oxidation sites excluding steroid dienone is 1. The van der Waals surface area contributed by atoms with Crippen molar-refractivity contribution in [3.8, 4) is 11.4 Å². The molecule has 2 aromatic rings. The number of aromatic nitrogens is 3. The van der Waals surface area contributed by atoms with Crippen LogP contribution in [0.15, 0.2) is 29.8 Å². The van der Waals surface area contributed by atoms with Crippen molar-refractivity contribution < 1.29 is 14.6 Å². The summed E-state index contributed by atoms with van der Waals surface area (Å²) in [6.45, 7) is 3.77. The van der Waals surface area contributed by atoms with Gasteiger partial charge in [0, 0.05) is 0 Å². The highest BCUT2D eigenvalue weighted by atomic mass is 16.5. The van der Waals surface area contributed by atoms with E-state index in [2.05, 4.69) is 10.3 Å². The molecule has 1 aromatic carbocycles. The van der Waals surface area contributed by atoms with Gasteiger partial charge in [-0.2, -0.15) is 0 Å². The average molecular weight is 273 g/mol. The maximum absolute atomic E-state index is 11.2. The lowest BCUT2D eigenvalue weighted by molar-refractivity contribution is 0.0690. The third kappa shape index (κ3) is 2.69. The number of carbonyl (C=O) groups is 1. The largest absolute Gasteiger partial charge is 0.497 e. The van der Waals surface area contributed by atoms with Gasteiger partial charge in [-0.1, -0.05) is 10.8 Å². The molecule has 2 rings (SSSR count). The summed E-state index contributed by atoms with van der Waals surface area (Å²) in [5.41, 5.74) is 2.06. The van der Waals surface area contributed by atoms with Crippen LogP contribution in [-0.2, 0) is 0 Å². The van der Waals surface area contributed by atoms with E-state index in [1.807, 2.05) is 13.8 Å². The number of ether oxygens (including phenoxy) is 1. The molecule has 6 heteroatoms. The Labute approximate surface area is 116 Å². The van der Waals surface area contributed by atoms with Crippen molar-refractivity contribution >= 4 is 12.0 Å². The smallest absolute Gasteiger partial charge is 0.358 e. The molecule has 0 fully saturated rings. The first-order valence-electron chi connectivity index (χ1n) is 6.01. The van der Waals surface area contributed by atoms with Crippen LogP contribution in [0.5, 0.6) is 5.75 Å². The van der Waals surface area contributed by atoms with Crippen LogP contribution in [0.4, 0.5) is 0 Å². The first-order valence-corrected chi connectivity index (χ1v) is 6.01. The van der Waals surface area contributed by atoms with Gasteiger partial charge in [-0.3, -0.25) is 0 Å². The van der Waals surface area contributed by atoms with E-state index in [0.29, 0.717) is 5.69 Å². The van der Waals surface area contributed by atoms with Gasteiger partial charge in [-0.25, -0.2) is 9.48 Å². The van der Waals surface area contributed by atoms with Crippen molar-refractivity contribution in [2.45, 2.75) is 13.8 Å². The van der Waals surface area contributed by atoms with Crippen LogP contribution in [0.1, 0.15) is 30.0 Å². The standard InChI is InChI=1S/C14H15N3O3/c1-9(2)8-12-13(14(18)19)15-16-17(12)10-4-6-11(20-3)7-5-10/h4-8H,1-3H3,(H,18,19).